The summed E-state index contributed by atoms with van der Waals surface area (Å²) in [6.45, 7) is 4.79. The fraction of sp³-hybridized carbons (Fsp3) is 0.0303. The van der Waals surface area contributed by atoms with Gasteiger partial charge in [-0.15, -0.1) is 0 Å². The highest BCUT2D eigenvalue weighted by molar-refractivity contribution is 6.28. The van der Waals surface area contributed by atoms with Crippen LogP contribution < -0.4 is 0 Å². The maximum atomic E-state index is 10.0. The van der Waals surface area contributed by atoms with Crippen LogP contribution in [0, 0.1) is 0 Å². The summed E-state index contributed by atoms with van der Waals surface area (Å²) in [6.07, 6.45) is 0. The van der Waals surface area contributed by atoms with Crippen molar-refractivity contribution in [1.82, 2.24) is 0 Å². The van der Waals surface area contributed by atoms with Crippen LogP contribution >= 0.6 is 0 Å². The van der Waals surface area contributed by atoms with E-state index in [1.807, 2.05) is 0 Å². The summed E-state index contributed by atoms with van der Waals surface area (Å²) in [6, 6.07) is 34.2. The molecule has 0 atom stereocenters. The molecule has 0 aromatic heterocycles. The quantitative estimate of drug-likeness (QED) is 0.110. The van der Waals surface area contributed by atoms with Crippen molar-refractivity contribution in [2.24, 2.45) is 0 Å². The topological polar surface area (TPSA) is 0 Å². The Morgan fingerprint density at radius 2 is 0.646 bits per heavy atom. The molecule has 0 saturated carbocycles. The SMILES string of the molecule is CC1(C)c2cc(-c3ccc(-c4ccc5ccc6cccc7ccc4c5c67)cc3)ccc2-c2ccc(-c3ccc4ccc5cccc6ccc3c4c56)cc21.[2H]c1c([2H])c([2H])c(-c2c([2H])c([2H])c3c(-c4c([2H])c([2H])c(-c5c([2H])c([2H])c6c([2H])c([2H])c([2H])c([2H])c6c5[2H])c([2H])c4[2H])c4c([2H])c([2H])c([2H])c([2H])c4c(-c4c([2H])c([2H])c([2H])c5c([2H])c([2H])c([2H])c([2H])c45)c3c2[2H])c([2H])c1[2H]. The van der Waals surface area contributed by atoms with E-state index in [0.717, 1.165) is 0 Å². The molecule has 0 spiro atoms. The molecule has 460 valence electrons. The third kappa shape index (κ3) is 9.07. The van der Waals surface area contributed by atoms with Crippen molar-refractivity contribution < 1.29 is 41.1 Å². The van der Waals surface area contributed by atoms with Crippen LogP contribution in [0.25, 0.3) is 197 Å². The lowest BCUT2D eigenvalue weighted by Crippen LogP contribution is -2.15. The fourth-order valence-electron chi connectivity index (χ4n) is 15.1. The summed E-state index contributed by atoms with van der Waals surface area (Å²) >= 11 is 0. The van der Waals surface area contributed by atoms with Gasteiger partial charge >= 0.3 is 0 Å². The lowest BCUT2D eigenvalue weighted by Gasteiger charge is -2.23. The van der Waals surface area contributed by atoms with Gasteiger partial charge in [0.15, 0.2) is 0 Å². The van der Waals surface area contributed by atoms with Crippen LogP contribution in [0.5, 0.6) is 0 Å². The van der Waals surface area contributed by atoms with Crippen LogP contribution in [0.4, 0.5) is 0 Å². The van der Waals surface area contributed by atoms with Gasteiger partial charge in [0.25, 0.3) is 0 Å². The molecular weight excluding hydrogens is 1190 g/mol. The molecule has 0 saturated heterocycles. The van der Waals surface area contributed by atoms with Crippen LogP contribution in [0.3, 0.4) is 0 Å². The Morgan fingerprint density at radius 3 is 1.30 bits per heavy atom. The smallest absolute Gasteiger partial charge is 0.0622 e. The molecule has 0 radical (unpaired) electrons. The average molecular weight is 1280 g/mol. The molecule has 21 rings (SSSR count). The van der Waals surface area contributed by atoms with Gasteiger partial charge in [0.2, 0.25) is 0 Å². The minimum Gasteiger partial charge on any atom is -0.0622 e. The second-order valence-electron chi connectivity index (χ2n) is 25.4. The van der Waals surface area contributed by atoms with Crippen LogP contribution in [-0.2, 0) is 5.41 Å². The summed E-state index contributed by atoms with van der Waals surface area (Å²) in [4.78, 5) is 0. The van der Waals surface area contributed by atoms with Gasteiger partial charge in [-0.2, -0.15) is 0 Å². The van der Waals surface area contributed by atoms with Crippen molar-refractivity contribution in [1.29, 1.82) is 0 Å². The van der Waals surface area contributed by atoms with Crippen molar-refractivity contribution >= 4 is 108 Å². The Kier molecular flexibility index (Phi) is 7.76. The van der Waals surface area contributed by atoms with Crippen LogP contribution in [-0.4, -0.2) is 0 Å². The summed E-state index contributed by atoms with van der Waals surface area (Å²) in [5.41, 5.74) is 6.06. The Hall–Kier alpha value is -12.5. The van der Waals surface area contributed by atoms with E-state index in [0.29, 0.717) is 0 Å². The highest BCUT2D eigenvalue weighted by Crippen LogP contribution is 2.53. The third-order valence-electron chi connectivity index (χ3n) is 19.8. The number of fused-ring (bicyclic) bond motifs is 7. The molecule has 0 heteroatoms. The first kappa shape index (κ1) is 34.5. The third-order valence-corrected chi connectivity index (χ3v) is 19.8. The van der Waals surface area contributed by atoms with Gasteiger partial charge in [-0.05, 0) is 232 Å². The maximum absolute atomic E-state index is 10.0. The van der Waals surface area contributed by atoms with Gasteiger partial charge in [0.05, 0.1) is 41.1 Å². The maximum Gasteiger partial charge on any atom is 0.0636 e. The predicted molar refractivity (Wildman–Crippen MR) is 426 cm³/mol. The Balaban J connectivity index is 0.000000171. The van der Waals surface area contributed by atoms with Crippen molar-refractivity contribution in [2.45, 2.75) is 19.3 Å². The van der Waals surface area contributed by atoms with Gasteiger partial charge in [-0.3, -0.25) is 0 Å². The molecule has 1 aliphatic carbocycles. The highest BCUT2D eigenvalue weighted by atomic mass is 14.4. The minimum atomic E-state index is -1.17. The first-order valence-corrected chi connectivity index (χ1v) is 32.2. The summed E-state index contributed by atoms with van der Waals surface area (Å²) < 4.78 is 270. The largest absolute Gasteiger partial charge is 0.0636 e. The number of rotatable bonds is 7. The highest BCUT2D eigenvalue weighted by Gasteiger charge is 2.36. The van der Waals surface area contributed by atoms with E-state index in [1.165, 1.54) is 120 Å². The van der Waals surface area contributed by atoms with Gasteiger partial charge in [0.1, 0.15) is 0 Å². The van der Waals surface area contributed by atoms with E-state index in [1.54, 1.807) is 0 Å². The molecule has 1 aliphatic rings. The van der Waals surface area contributed by atoms with Crippen LogP contribution in [0.2, 0.25) is 0 Å². The van der Waals surface area contributed by atoms with Crippen LogP contribution in [0.15, 0.2) is 351 Å². The molecule has 0 nitrogen and oxygen atoms in total. The first-order chi connectivity index (χ1) is 61.3. The van der Waals surface area contributed by atoms with E-state index < -0.39 is 269 Å². The average Bonchev–Trinajstić information content (AvgIpc) is 1.40. The first-order valence-electron chi connectivity index (χ1n) is 47.2. The van der Waals surface area contributed by atoms with E-state index in [9.17, 15) is 13.7 Å². The van der Waals surface area contributed by atoms with E-state index >= 15 is 0 Å². The van der Waals surface area contributed by atoms with Gasteiger partial charge in [0, 0.05) is 5.41 Å². The monoisotopic (exact) mass is 1280 g/mol. The molecule has 0 N–H and O–H groups in total. The normalized spacial score (nSPS) is 16.9. The summed E-state index contributed by atoms with van der Waals surface area (Å²) in [5.74, 6) is 0. The number of benzene rings is 20. The lowest BCUT2D eigenvalue weighted by atomic mass is 9.80. The minimum absolute atomic E-state index is 0.123. The number of hydrogen-bond acceptors (Lipinski definition) is 0. The fourth-order valence-corrected chi connectivity index (χ4v) is 15.1. The molecule has 0 bridgehead atoms. The molecule has 0 unspecified atom stereocenters. The zero-order valence-electron chi connectivity index (χ0n) is 82.7. The molecule has 0 fully saturated rings. The zero-order valence-corrected chi connectivity index (χ0v) is 52.7. The number of hydrogen-bond donors (Lipinski definition) is 0. The van der Waals surface area contributed by atoms with Gasteiger partial charge in [-0.25, -0.2) is 0 Å². The Morgan fingerprint density at radius 1 is 0.212 bits per heavy atom. The summed E-state index contributed by atoms with van der Waals surface area (Å²) in [5, 5.41) is 9.90. The van der Waals surface area contributed by atoms with Crippen LogP contribution in [0.1, 0.15) is 66.1 Å². The second kappa shape index (κ2) is 22.3. The van der Waals surface area contributed by atoms with Gasteiger partial charge in [-0.1, -0.05) is 341 Å². The van der Waals surface area contributed by atoms with E-state index in [-0.39, 0.29) is 5.41 Å². The molecular formula is C99H64. The molecule has 0 aliphatic heterocycles. The molecule has 0 amide bonds. The summed E-state index contributed by atoms with van der Waals surface area (Å²) in [7, 11) is 0. The second-order valence-corrected chi connectivity index (χ2v) is 25.4. The molecule has 0 heterocycles. The Bertz CT molecular complexity index is 8470. The molecule has 20 aromatic carbocycles. The Labute approximate surface area is 617 Å². The van der Waals surface area contributed by atoms with Crippen molar-refractivity contribution in [3.8, 4) is 89.0 Å². The van der Waals surface area contributed by atoms with E-state index in [2.05, 4.69) is 184 Å². The van der Waals surface area contributed by atoms with Gasteiger partial charge < -0.3 is 0 Å². The lowest BCUT2D eigenvalue weighted by molar-refractivity contribution is 0.661. The van der Waals surface area contributed by atoms with Crippen molar-refractivity contribution in [3.05, 3.63) is 362 Å². The molecule has 99 heavy (non-hydrogen) atoms. The van der Waals surface area contributed by atoms with Crippen molar-refractivity contribution in [2.75, 3.05) is 0 Å². The van der Waals surface area contributed by atoms with Crippen molar-refractivity contribution in [3.63, 3.8) is 0 Å². The standard InChI is InChI=1S/C53H34.C46H30/c1-53(2)47-29-39(31-9-11-32(12-10-31)41-23-17-37-15-13-33-5-3-7-35-19-27-45(41)51(37)49(33)35)21-25-43(47)44-26-22-40(30-48(44)53)42-24-18-38-16-14-34-6-4-8-36-20-28-46(42)52(38)50(34)36;1-2-11-31(12-3-1)38-27-28-43-44(30-38)46(40-20-10-16-34-14-6-7-17-39(34)40)42-19-9-8-18-41(42)45(43)35-24-21-33(22-25-35)37-26-23-32-13-4-5-15-36(32)29-37/h3-30H,1-2H3;1-30H/i;1D,2D,3D,4D,5D,6D,7D,8D,9D,10D,11D,12D,13D,14D,15D,16D,17D,18D,19D,20D,21D,22D,23D,24D,25D,26D,27D,28D,29D,30D. The van der Waals surface area contributed by atoms with E-state index in [4.69, 9.17) is 27.4 Å². The predicted octanol–water partition coefficient (Wildman–Crippen LogP) is 27.8. The zero-order chi connectivity index (χ0) is 91.6. The molecule has 20 aromatic rings.